The van der Waals surface area contributed by atoms with Gasteiger partial charge in [0.05, 0.1) is 0 Å². The molecule has 2 aromatic rings. The number of nitrogens with one attached hydrogen (secondary N) is 1. The van der Waals surface area contributed by atoms with Crippen molar-refractivity contribution in [3.05, 3.63) is 65.6 Å². The molecule has 1 aromatic carbocycles. The highest BCUT2D eigenvalue weighted by molar-refractivity contribution is 5.87. The van der Waals surface area contributed by atoms with Gasteiger partial charge in [-0.2, -0.15) is 5.10 Å². The largest absolute Gasteiger partial charge is 0.458 e. The molecule has 0 saturated heterocycles. The van der Waals surface area contributed by atoms with E-state index in [4.69, 9.17) is 14.2 Å². The molecule has 0 spiro atoms. The Balaban J connectivity index is 1.57. The predicted octanol–water partition coefficient (Wildman–Crippen LogP) is 2.15. The normalized spacial score (nSPS) is 13.2. The van der Waals surface area contributed by atoms with Gasteiger partial charge in [0.1, 0.15) is 0 Å². The summed E-state index contributed by atoms with van der Waals surface area (Å²) in [5.74, 6) is -0.525. The Kier molecular flexibility index (Phi) is 3.86. The Hall–Kier alpha value is -2.76. The molecule has 1 aliphatic heterocycles. The summed E-state index contributed by atoms with van der Waals surface area (Å²) in [6, 6.07) is 11.8. The van der Waals surface area contributed by atoms with Gasteiger partial charge in [0.25, 0.3) is 0 Å². The standard InChI is InChI=1S/C15H14N2O4/c18-15(21-14-9-19-10-20-14)13-8-12(16-17-13)7-6-11-4-2-1-3-5-11/h1-5,8-9H,6-7,10H2,(H,16,17). The zero-order valence-corrected chi connectivity index (χ0v) is 11.2. The molecule has 2 heterocycles. The fraction of sp³-hybridized carbons (Fsp3) is 0.200. The van der Waals surface area contributed by atoms with Crippen LogP contribution in [0.3, 0.4) is 0 Å². The van der Waals surface area contributed by atoms with Crippen LogP contribution in [0.2, 0.25) is 0 Å². The monoisotopic (exact) mass is 286 g/mol. The number of hydrogen-bond acceptors (Lipinski definition) is 5. The smallest absolute Gasteiger partial charge is 0.366 e. The van der Waals surface area contributed by atoms with Crippen molar-refractivity contribution in [3.8, 4) is 0 Å². The summed E-state index contributed by atoms with van der Waals surface area (Å²) in [6.07, 6.45) is 2.90. The summed E-state index contributed by atoms with van der Waals surface area (Å²) in [4.78, 5) is 11.8. The Morgan fingerprint density at radius 2 is 2.14 bits per heavy atom. The van der Waals surface area contributed by atoms with Crippen LogP contribution >= 0.6 is 0 Å². The molecular formula is C15H14N2O4. The molecule has 6 heteroatoms. The summed E-state index contributed by atoms with van der Waals surface area (Å²) < 4.78 is 14.7. The van der Waals surface area contributed by atoms with E-state index in [1.807, 2.05) is 18.2 Å². The summed E-state index contributed by atoms with van der Waals surface area (Å²) in [7, 11) is 0. The van der Waals surface area contributed by atoms with Crippen molar-refractivity contribution in [2.45, 2.75) is 12.8 Å². The number of nitrogens with zero attached hydrogens (tertiary/aromatic N) is 1. The molecule has 3 rings (SSSR count). The molecule has 0 saturated carbocycles. The van der Waals surface area contributed by atoms with Crippen molar-refractivity contribution in [2.24, 2.45) is 0 Å². The van der Waals surface area contributed by atoms with Gasteiger partial charge in [-0.3, -0.25) is 5.10 Å². The van der Waals surface area contributed by atoms with E-state index >= 15 is 0 Å². The Morgan fingerprint density at radius 3 is 2.90 bits per heavy atom. The van der Waals surface area contributed by atoms with Crippen molar-refractivity contribution in [2.75, 3.05) is 6.79 Å². The fourth-order valence-corrected chi connectivity index (χ4v) is 1.94. The summed E-state index contributed by atoms with van der Waals surface area (Å²) in [6.45, 7) is 0.0610. The summed E-state index contributed by atoms with van der Waals surface area (Å²) in [5, 5.41) is 6.79. The highest BCUT2D eigenvalue weighted by Gasteiger charge is 2.17. The highest BCUT2D eigenvalue weighted by Crippen LogP contribution is 2.12. The first-order valence-corrected chi connectivity index (χ1v) is 6.56. The van der Waals surface area contributed by atoms with E-state index in [-0.39, 0.29) is 18.4 Å². The van der Waals surface area contributed by atoms with Crippen LogP contribution in [0.5, 0.6) is 0 Å². The topological polar surface area (TPSA) is 73.4 Å². The molecule has 0 amide bonds. The van der Waals surface area contributed by atoms with Crippen LogP contribution in [0.15, 0.2) is 48.6 Å². The third kappa shape index (κ3) is 3.42. The maximum Gasteiger partial charge on any atom is 0.366 e. The third-order valence-electron chi connectivity index (χ3n) is 3.01. The van der Waals surface area contributed by atoms with Gasteiger partial charge in [-0.05, 0) is 24.5 Å². The number of benzene rings is 1. The number of carbonyl (C=O) groups excluding carboxylic acids is 1. The number of hydrogen-bond donors (Lipinski definition) is 1. The second-order valence-corrected chi connectivity index (χ2v) is 4.52. The predicted molar refractivity (Wildman–Crippen MR) is 73.0 cm³/mol. The van der Waals surface area contributed by atoms with Gasteiger partial charge in [0.2, 0.25) is 6.79 Å². The van der Waals surface area contributed by atoms with E-state index in [2.05, 4.69) is 22.3 Å². The lowest BCUT2D eigenvalue weighted by Crippen LogP contribution is -2.05. The number of rotatable bonds is 5. The van der Waals surface area contributed by atoms with Crippen LogP contribution < -0.4 is 0 Å². The molecule has 21 heavy (non-hydrogen) atoms. The average molecular weight is 286 g/mol. The Morgan fingerprint density at radius 1 is 1.29 bits per heavy atom. The third-order valence-corrected chi connectivity index (χ3v) is 3.01. The first-order valence-electron chi connectivity index (χ1n) is 6.56. The van der Waals surface area contributed by atoms with Gasteiger partial charge in [0.15, 0.2) is 12.0 Å². The first kappa shape index (κ1) is 13.2. The number of ether oxygens (including phenoxy) is 3. The van der Waals surface area contributed by atoms with E-state index in [9.17, 15) is 4.79 Å². The maximum atomic E-state index is 11.8. The van der Waals surface area contributed by atoms with Gasteiger partial charge in [-0.25, -0.2) is 4.79 Å². The van der Waals surface area contributed by atoms with Gasteiger partial charge < -0.3 is 14.2 Å². The van der Waals surface area contributed by atoms with Crippen LogP contribution in [0.1, 0.15) is 21.7 Å². The lowest BCUT2D eigenvalue weighted by molar-refractivity contribution is 0.0102. The number of aryl methyl sites for hydroxylation is 2. The lowest BCUT2D eigenvalue weighted by atomic mass is 10.1. The molecule has 0 unspecified atom stereocenters. The van der Waals surface area contributed by atoms with Crippen LogP contribution in [-0.4, -0.2) is 23.0 Å². The van der Waals surface area contributed by atoms with Crippen molar-refractivity contribution in [1.29, 1.82) is 0 Å². The molecular weight excluding hydrogens is 272 g/mol. The molecule has 1 N–H and O–H groups in total. The molecule has 1 aromatic heterocycles. The van der Waals surface area contributed by atoms with E-state index in [1.165, 1.54) is 11.8 Å². The van der Waals surface area contributed by atoms with E-state index in [0.29, 0.717) is 0 Å². The maximum absolute atomic E-state index is 11.8. The van der Waals surface area contributed by atoms with Crippen molar-refractivity contribution < 1.29 is 19.0 Å². The second kappa shape index (κ2) is 6.13. The SMILES string of the molecule is O=C(OC1=COCO1)c1cc(CCc2ccccc2)[nH]n1. The quantitative estimate of drug-likeness (QED) is 0.853. The van der Waals surface area contributed by atoms with E-state index < -0.39 is 5.97 Å². The summed E-state index contributed by atoms with van der Waals surface area (Å²) in [5.41, 5.74) is 2.33. The lowest BCUT2D eigenvalue weighted by Gasteiger charge is -1.99. The molecule has 6 nitrogen and oxygen atoms in total. The molecule has 0 aliphatic carbocycles. The second-order valence-electron chi connectivity index (χ2n) is 4.52. The molecule has 0 atom stereocenters. The average Bonchev–Trinajstić information content (AvgIpc) is 3.17. The number of aromatic nitrogens is 2. The summed E-state index contributed by atoms with van der Waals surface area (Å²) >= 11 is 0. The van der Waals surface area contributed by atoms with Crippen molar-refractivity contribution >= 4 is 5.97 Å². The van der Waals surface area contributed by atoms with Crippen LogP contribution in [0, 0.1) is 0 Å². The number of carbonyl (C=O) groups is 1. The number of H-pyrrole nitrogens is 1. The van der Waals surface area contributed by atoms with E-state index in [1.54, 1.807) is 6.07 Å². The Labute approximate surface area is 121 Å². The minimum atomic E-state index is -0.575. The minimum Gasteiger partial charge on any atom is -0.458 e. The zero-order valence-electron chi connectivity index (χ0n) is 11.2. The first-order chi connectivity index (χ1) is 10.3. The number of esters is 1. The van der Waals surface area contributed by atoms with Crippen LogP contribution in [0.25, 0.3) is 0 Å². The van der Waals surface area contributed by atoms with Gasteiger partial charge >= 0.3 is 11.9 Å². The van der Waals surface area contributed by atoms with Crippen LogP contribution in [-0.2, 0) is 27.1 Å². The van der Waals surface area contributed by atoms with Crippen LogP contribution in [0.4, 0.5) is 0 Å². The van der Waals surface area contributed by atoms with E-state index in [0.717, 1.165) is 18.5 Å². The highest BCUT2D eigenvalue weighted by atomic mass is 16.8. The van der Waals surface area contributed by atoms with Crippen molar-refractivity contribution in [3.63, 3.8) is 0 Å². The van der Waals surface area contributed by atoms with Gasteiger partial charge in [-0.15, -0.1) is 0 Å². The van der Waals surface area contributed by atoms with Gasteiger partial charge in [0, 0.05) is 5.69 Å². The molecule has 1 aliphatic rings. The van der Waals surface area contributed by atoms with Gasteiger partial charge in [-0.1, -0.05) is 30.3 Å². The molecule has 0 fully saturated rings. The Bertz CT molecular complexity index is 649. The molecule has 0 radical (unpaired) electrons. The van der Waals surface area contributed by atoms with Crippen molar-refractivity contribution in [1.82, 2.24) is 10.2 Å². The fourth-order valence-electron chi connectivity index (χ4n) is 1.94. The number of aromatic amines is 1. The minimum absolute atomic E-state index is 0.0498. The molecule has 0 bridgehead atoms. The zero-order chi connectivity index (χ0) is 14.5. The molecule has 108 valence electrons.